The van der Waals surface area contributed by atoms with E-state index in [1.807, 2.05) is 35.9 Å². The molecule has 5 nitrogen and oxygen atoms in total. The van der Waals surface area contributed by atoms with E-state index in [9.17, 15) is 9.90 Å². The van der Waals surface area contributed by atoms with Crippen LogP contribution in [0.25, 0.3) is 0 Å². The summed E-state index contributed by atoms with van der Waals surface area (Å²) in [6.07, 6.45) is 3.49. The van der Waals surface area contributed by atoms with Crippen LogP contribution in [0.1, 0.15) is 12.5 Å². The van der Waals surface area contributed by atoms with Crippen LogP contribution in [0.4, 0.5) is 0 Å². The summed E-state index contributed by atoms with van der Waals surface area (Å²) in [5, 5.41) is 9.30. The maximum atomic E-state index is 12.3. The highest BCUT2D eigenvalue weighted by Crippen LogP contribution is 2.17. The summed E-state index contributed by atoms with van der Waals surface area (Å²) >= 11 is 0. The second kappa shape index (κ2) is 5.46. The maximum Gasteiger partial charge on any atom is 0.242 e. The van der Waals surface area contributed by atoms with E-state index in [0.717, 1.165) is 12.1 Å². The van der Waals surface area contributed by atoms with Gasteiger partial charge in [0.1, 0.15) is 6.04 Å². The van der Waals surface area contributed by atoms with Gasteiger partial charge in [0.2, 0.25) is 5.91 Å². The van der Waals surface area contributed by atoms with Crippen molar-refractivity contribution < 1.29 is 9.90 Å². The molecule has 0 aromatic carbocycles. The number of aromatic nitrogens is 1. The molecule has 0 spiro atoms. The number of carbonyl (C=O) groups is 1. The molecule has 2 heterocycles. The Balaban J connectivity index is 2.13. The lowest BCUT2D eigenvalue weighted by Crippen LogP contribution is -2.60. The van der Waals surface area contributed by atoms with E-state index in [4.69, 9.17) is 0 Å². The third-order valence-electron chi connectivity index (χ3n) is 3.43. The Hall–Kier alpha value is -1.46. The average molecular weight is 249 g/mol. The fourth-order valence-electron chi connectivity index (χ4n) is 2.38. The summed E-state index contributed by atoms with van der Waals surface area (Å²) in [6.45, 7) is 3.22. The molecule has 1 aromatic heterocycles. The maximum absolute atomic E-state index is 12.3. The van der Waals surface area contributed by atoms with Gasteiger partial charge in [0.05, 0.1) is 6.61 Å². The predicted molar refractivity (Wildman–Crippen MR) is 67.8 cm³/mol. The van der Waals surface area contributed by atoms with E-state index in [1.165, 1.54) is 0 Å². The van der Waals surface area contributed by atoms with E-state index in [1.54, 1.807) is 12.4 Å². The van der Waals surface area contributed by atoms with Crippen molar-refractivity contribution in [3.05, 3.63) is 30.1 Å². The molecule has 2 unspecified atom stereocenters. The molecular weight excluding hydrogens is 230 g/mol. The molecule has 1 aliphatic rings. The van der Waals surface area contributed by atoms with Gasteiger partial charge in [0.15, 0.2) is 0 Å². The molecule has 1 N–H and O–H groups in total. The number of piperazine rings is 1. The molecule has 98 valence electrons. The first kappa shape index (κ1) is 13.0. The number of likely N-dealkylation sites (N-methyl/N-ethyl adjacent to an activating group) is 1. The van der Waals surface area contributed by atoms with Crippen LogP contribution in [0.3, 0.4) is 0 Å². The predicted octanol–water partition coefficient (Wildman–Crippen LogP) is 0.105. The number of aliphatic hydroxyl groups excluding tert-OH is 1. The molecule has 1 saturated heterocycles. The van der Waals surface area contributed by atoms with Crippen LogP contribution in [0.15, 0.2) is 24.5 Å². The van der Waals surface area contributed by atoms with Crippen molar-refractivity contribution in [2.24, 2.45) is 0 Å². The summed E-state index contributed by atoms with van der Waals surface area (Å²) in [7, 11) is 1.87. The molecule has 0 bridgehead atoms. The molecule has 2 rings (SSSR count). The Bertz CT molecular complexity index is 410. The number of pyridine rings is 1. The van der Waals surface area contributed by atoms with Gasteiger partial charge in [-0.25, -0.2) is 0 Å². The van der Waals surface area contributed by atoms with Crippen LogP contribution in [-0.4, -0.2) is 58.1 Å². The van der Waals surface area contributed by atoms with E-state index in [-0.39, 0.29) is 18.6 Å². The van der Waals surface area contributed by atoms with Crippen LogP contribution in [0.5, 0.6) is 0 Å². The Morgan fingerprint density at radius 1 is 1.56 bits per heavy atom. The largest absolute Gasteiger partial charge is 0.394 e. The van der Waals surface area contributed by atoms with Crippen molar-refractivity contribution >= 4 is 5.91 Å². The van der Waals surface area contributed by atoms with Gasteiger partial charge in [-0.05, 0) is 25.6 Å². The molecule has 1 fully saturated rings. The number of carbonyl (C=O) groups excluding carboxylic acids is 1. The summed E-state index contributed by atoms with van der Waals surface area (Å²) in [4.78, 5) is 20.1. The van der Waals surface area contributed by atoms with Crippen molar-refractivity contribution in [3.8, 4) is 0 Å². The Kier molecular flexibility index (Phi) is 3.93. The normalized spacial score (nSPS) is 25.5. The zero-order valence-corrected chi connectivity index (χ0v) is 10.8. The Labute approximate surface area is 107 Å². The van der Waals surface area contributed by atoms with Crippen LogP contribution in [0, 0.1) is 0 Å². The fourth-order valence-corrected chi connectivity index (χ4v) is 2.38. The summed E-state index contributed by atoms with van der Waals surface area (Å²) < 4.78 is 0. The second-order valence-corrected chi connectivity index (χ2v) is 4.81. The molecular formula is C13H19N3O2. The van der Waals surface area contributed by atoms with E-state index in [0.29, 0.717) is 6.54 Å². The first-order valence-corrected chi connectivity index (χ1v) is 6.14. The molecule has 0 saturated carbocycles. The Morgan fingerprint density at radius 3 is 2.94 bits per heavy atom. The first-order chi connectivity index (χ1) is 8.63. The van der Waals surface area contributed by atoms with Crippen molar-refractivity contribution in [2.45, 2.75) is 25.6 Å². The lowest BCUT2D eigenvalue weighted by atomic mass is 10.1. The monoisotopic (exact) mass is 249 g/mol. The van der Waals surface area contributed by atoms with Crippen molar-refractivity contribution in [1.29, 1.82) is 0 Å². The lowest BCUT2D eigenvalue weighted by Gasteiger charge is -2.42. The molecule has 1 aromatic rings. The van der Waals surface area contributed by atoms with Crippen LogP contribution in [-0.2, 0) is 11.3 Å². The fraction of sp³-hybridized carbons (Fsp3) is 0.538. The zero-order valence-electron chi connectivity index (χ0n) is 10.8. The average Bonchev–Trinajstić information content (AvgIpc) is 2.36. The first-order valence-electron chi connectivity index (χ1n) is 6.14. The van der Waals surface area contributed by atoms with Crippen molar-refractivity contribution in [2.75, 3.05) is 20.2 Å². The van der Waals surface area contributed by atoms with Gasteiger partial charge in [-0.1, -0.05) is 6.07 Å². The smallest absolute Gasteiger partial charge is 0.242 e. The molecule has 0 radical (unpaired) electrons. The van der Waals surface area contributed by atoms with Gasteiger partial charge in [0, 0.05) is 31.5 Å². The molecule has 2 atom stereocenters. The minimum Gasteiger partial charge on any atom is -0.394 e. The number of amides is 1. The van der Waals surface area contributed by atoms with Gasteiger partial charge in [-0.15, -0.1) is 0 Å². The third kappa shape index (κ3) is 2.52. The van der Waals surface area contributed by atoms with E-state index in [2.05, 4.69) is 4.98 Å². The molecule has 18 heavy (non-hydrogen) atoms. The van der Waals surface area contributed by atoms with Crippen LogP contribution in [0.2, 0.25) is 0 Å². The minimum atomic E-state index is -0.419. The summed E-state index contributed by atoms with van der Waals surface area (Å²) in [5.74, 6) is -0.0115. The van der Waals surface area contributed by atoms with Crippen molar-refractivity contribution in [3.63, 3.8) is 0 Å². The van der Waals surface area contributed by atoms with Crippen molar-refractivity contribution in [1.82, 2.24) is 14.8 Å². The number of hydrogen-bond donors (Lipinski definition) is 1. The molecule has 5 heteroatoms. The SMILES string of the molecule is CC1CN(C)C(CO)C(=O)N1Cc1cccnc1. The number of rotatable bonds is 3. The van der Waals surface area contributed by atoms with Gasteiger partial charge in [-0.3, -0.25) is 14.7 Å². The zero-order chi connectivity index (χ0) is 13.1. The van der Waals surface area contributed by atoms with Gasteiger partial charge in [0.25, 0.3) is 0 Å². The number of hydrogen-bond acceptors (Lipinski definition) is 4. The van der Waals surface area contributed by atoms with E-state index < -0.39 is 6.04 Å². The van der Waals surface area contributed by atoms with Gasteiger partial charge >= 0.3 is 0 Å². The van der Waals surface area contributed by atoms with E-state index >= 15 is 0 Å². The molecule has 1 amide bonds. The van der Waals surface area contributed by atoms with Gasteiger partial charge in [-0.2, -0.15) is 0 Å². The number of nitrogens with zero attached hydrogens (tertiary/aromatic N) is 3. The molecule has 0 aliphatic carbocycles. The number of aliphatic hydroxyl groups is 1. The topological polar surface area (TPSA) is 56.7 Å². The third-order valence-corrected chi connectivity index (χ3v) is 3.43. The van der Waals surface area contributed by atoms with Crippen LogP contribution < -0.4 is 0 Å². The highest BCUT2D eigenvalue weighted by Gasteiger charge is 2.36. The highest BCUT2D eigenvalue weighted by molar-refractivity contribution is 5.83. The molecule has 1 aliphatic heterocycles. The Morgan fingerprint density at radius 2 is 2.33 bits per heavy atom. The van der Waals surface area contributed by atoms with Crippen LogP contribution >= 0.6 is 0 Å². The lowest BCUT2D eigenvalue weighted by molar-refractivity contribution is -0.147. The van der Waals surface area contributed by atoms with Gasteiger partial charge < -0.3 is 10.0 Å². The second-order valence-electron chi connectivity index (χ2n) is 4.81. The summed E-state index contributed by atoms with van der Waals surface area (Å²) in [6, 6.07) is 3.55. The standard InChI is InChI=1S/C13H19N3O2/c1-10-7-15(2)12(9-17)13(18)16(10)8-11-4-3-5-14-6-11/h3-6,10,12,17H,7-9H2,1-2H3. The minimum absolute atomic E-state index is 0.0115. The highest BCUT2D eigenvalue weighted by atomic mass is 16.3. The summed E-state index contributed by atoms with van der Waals surface area (Å²) in [5.41, 5.74) is 1.01. The quantitative estimate of drug-likeness (QED) is 0.826.